The molecule has 0 saturated carbocycles. The zero-order chi connectivity index (χ0) is 19.9. The molecule has 0 fully saturated rings. The van der Waals surface area contributed by atoms with Gasteiger partial charge >= 0.3 is 0 Å². The number of hydrogen-bond acceptors (Lipinski definition) is 6. The predicted octanol–water partition coefficient (Wildman–Crippen LogP) is 4.70. The molecular formula is C21H22N2O4S. The summed E-state index contributed by atoms with van der Waals surface area (Å²) in [6.07, 6.45) is 1.06. The highest BCUT2D eigenvalue weighted by Gasteiger charge is 2.11. The number of rotatable bonds is 9. The highest BCUT2D eigenvalue weighted by atomic mass is 32.1. The number of ketones is 1. The highest BCUT2D eigenvalue weighted by molar-refractivity contribution is 7.22. The Balaban J connectivity index is 1.49. The molecule has 3 aromatic rings. The number of fused-ring (bicyclic) bond motifs is 1. The van der Waals surface area contributed by atoms with Gasteiger partial charge < -0.3 is 14.8 Å². The maximum absolute atomic E-state index is 12.2. The van der Waals surface area contributed by atoms with Gasteiger partial charge in [-0.1, -0.05) is 11.3 Å². The third kappa shape index (κ3) is 5.07. The number of methoxy groups -OCH3 is 1. The Morgan fingerprint density at radius 3 is 2.54 bits per heavy atom. The van der Waals surface area contributed by atoms with Crippen LogP contribution in [0.5, 0.6) is 11.5 Å². The number of carbonyl (C=O) groups excluding carboxylic acids is 2. The fourth-order valence-corrected chi connectivity index (χ4v) is 3.64. The summed E-state index contributed by atoms with van der Waals surface area (Å²) in [4.78, 5) is 28.8. The van der Waals surface area contributed by atoms with Crippen LogP contribution < -0.4 is 14.8 Å². The smallest absolute Gasteiger partial charge is 0.226 e. The standard InChI is InChI=1S/C21H22N2O4S/c1-3-27-16-11-12-17-19(13-16)28-21(22-17)23-20(25)6-4-5-18(24)14-7-9-15(26-2)10-8-14/h7-13H,3-6H2,1-2H3,(H,22,23,25). The summed E-state index contributed by atoms with van der Waals surface area (Å²) in [7, 11) is 1.58. The van der Waals surface area contributed by atoms with Crippen molar-refractivity contribution in [2.24, 2.45) is 0 Å². The molecule has 28 heavy (non-hydrogen) atoms. The first-order valence-electron chi connectivity index (χ1n) is 9.09. The topological polar surface area (TPSA) is 77.5 Å². The minimum atomic E-state index is -0.147. The zero-order valence-electron chi connectivity index (χ0n) is 15.9. The molecule has 0 radical (unpaired) electrons. The summed E-state index contributed by atoms with van der Waals surface area (Å²) in [5.41, 5.74) is 1.44. The summed E-state index contributed by atoms with van der Waals surface area (Å²) in [5.74, 6) is 1.36. The van der Waals surface area contributed by atoms with E-state index in [9.17, 15) is 9.59 Å². The van der Waals surface area contributed by atoms with Crippen molar-refractivity contribution in [2.75, 3.05) is 19.0 Å². The average molecular weight is 398 g/mol. The second-order valence-corrected chi connectivity index (χ2v) is 7.17. The lowest BCUT2D eigenvalue weighted by molar-refractivity contribution is -0.116. The van der Waals surface area contributed by atoms with Gasteiger partial charge in [0.05, 0.1) is 23.9 Å². The molecule has 0 unspecified atom stereocenters. The van der Waals surface area contributed by atoms with Gasteiger partial charge in [0.25, 0.3) is 0 Å². The van der Waals surface area contributed by atoms with Crippen LogP contribution >= 0.6 is 11.3 Å². The van der Waals surface area contributed by atoms with E-state index < -0.39 is 0 Å². The summed E-state index contributed by atoms with van der Waals surface area (Å²) < 4.78 is 11.5. The van der Waals surface area contributed by atoms with Crippen LogP contribution in [0.1, 0.15) is 36.5 Å². The molecule has 1 heterocycles. The molecule has 3 rings (SSSR count). The number of hydrogen-bond donors (Lipinski definition) is 1. The first-order chi connectivity index (χ1) is 13.6. The van der Waals surface area contributed by atoms with Crippen LogP contribution in [0.25, 0.3) is 10.2 Å². The number of carbonyl (C=O) groups is 2. The summed E-state index contributed by atoms with van der Waals surface area (Å²) in [6.45, 7) is 2.53. The number of nitrogens with one attached hydrogen (secondary N) is 1. The number of anilines is 1. The Hall–Kier alpha value is -2.93. The first kappa shape index (κ1) is 19.8. The van der Waals surface area contributed by atoms with Crippen molar-refractivity contribution in [1.82, 2.24) is 4.98 Å². The van der Waals surface area contributed by atoms with Crippen LogP contribution in [-0.2, 0) is 4.79 Å². The van der Waals surface area contributed by atoms with Gasteiger partial charge in [0.1, 0.15) is 11.5 Å². The monoisotopic (exact) mass is 398 g/mol. The third-order valence-electron chi connectivity index (χ3n) is 4.14. The fourth-order valence-electron chi connectivity index (χ4n) is 2.73. The molecular weight excluding hydrogens is 376 g/mol. The molecule has 0 bridgehead atoms. The van der Waals surface area contributed by atoms with Gasteiger partial charge in [0.2, 0.25) is 5.91 Å². The lowest BCUT2D eigenvalue weighted by Crippen LogP contribution is -2.11. The molecule has 0 aliphatic carbocycles. The molecule has 1 N–H and O–H groups in total. The maximum atomic E-state index is 12.2. The van der Waals surface area contributed by atoms with Gasteiger partial charge in [-0.3, -0.25) is 9.59 Å². The van der Waals surface area contributed by atoms with Crippen LogP contribution in [0.15, 0.2) is 42.5 Å². The number of aromatic nitrogens is 1. The van der Waals surface area contributed by atoms with E-state index in [1.165, 1.54) is 11.3 Å². The highest BCUT2D eigenvalue weighted by Crippen LogP contribution is 2.29. The van der Waals surface area contributed by atoms with Gasteiger partial charge in [0, 0.05) is 18.4 Å². The normalized spacial score (nSPS) is 10.6. The number of Topliss-reactive ketones (excluding diaryl/α,β-unsaturated/α-hetero) is 1. The van der Waals surface area contributed by atoms with Crippen molar-refractivity contribution < 1.29 is 19.1 Å². The third-order valence-corrected chi connectivity index (χ3v) is 5.07. The Labute approximate surface area is 167 Å². The zero-order valence-corrected chi connectivity index (χ0v) is 16.7. The maximum Gasteiger partial charge on any atom is 0.226 e. The Bertz CT molecular complexity index is 966. The lowest BCUT2D eigenvalue weighted by Gasteiger charge is -2.03. The van der Waals surface area contributed by atoms with Crippen LogP contribution in [-0.4, -0.2) is 30.4 Å². The van der Waals surface area contributed by atoms with Gasteiger partial charge in [-0.05, 0) is 55.8 Å². The Morgan fingerprint density at radius 2 is 1.82 bits per heavy atom. The van der Waals surface area contributed by atoms with Gasteiger partial charge in [0.15, 0.2) is 10.9 Å². The fraction of sp³-hybridized carbons (Fsp3) is 0.286. The van der Waals surface area contributed by atoms with Crippen molar-refractivity contribution in [3.63, 3.8) is 0 Å². The Morgan fingerprint density at radius 1 is 1.07 bits per heavy atom. The lowest BCUT2D eigenvalue weighted by atomic mass is 10.1. The van der Waals surface area contributed by atoms with Crippen molar-refractivity contribution >= 4 is 38.4 Å². The second-order valence-electron chi connectivity index (χ2n) is 6.13. The van der Waals surface area contributed by atoms with Crippen LogP contribution in [0.2, 0.25) is 0 Å². The van der Waals surface area contributed by atoms with Crippen molar-refractivity contribution in [3.05, 3.63) is 48.0 Å². The van der Waals surface area contributed by atoms with E-state index in [0.29, 0.717) is 35.9 Å². The van der Waals surface area contributed by atoms with E-state index in [4.69, 9.17) is 9.47 Å². The largest absolute Gasteiger partial charge is 0.497 e. The molecule has 0 aliphatic heterocycles. The molecule has 0 aliphatic rings. The van der Waals surface area contributed by atoms with Crippen molar-refractivity contribution in [3.8, 4) is 11.5 Å². The summed E-state index contributed by atoms with van der Waals surface area (Å²) >= 11 is 1.40. The van der Waals surface area contributed by atoms with E-state index in [1.807, 2.05) is 25.1 Å². The average Bonchev–Trinajstić information content (AvgIpc) is 3.09. The molecule has 1 amide bonds. The minimum Gasteiger partial charge on any atom is -0.497 e. The molecule has 0 atom stereocenters. The minimum absolute atomic E-state index is 0.0129. The van der Waals surface area contributed by atoms with E-state index in [2.05, 4.69) is 10.3 Å². The van der Waals surface area contributed by atoms with Crippen LogP contribution in [0.4, 0.5) is 5.13 Å². The number of ether oxygens (including phenoxy) is 2. The molecule has 146 valence electrons. The molecule has 0 spiro atoms. The number of thiazole rings is 1. The van der Waals surface area contributed by atoms with E-state index in [-0.39, 0.29) is 18.1 Å². The first-order valence-corrected chi connectivity index (χ1v) is 9.91. The molecule has 2 aromatic carbocycles. The molecule has 1 aromatic heterocycles. The molecule has 6 nitrogen and oxygen atoms in total. The summed E-state index contributed by atoms with van der Waals surface area (Å²) in [6, 6.07) is 12.6. The second kappa shape index (κ2) is 9.32. The predicted molar refractivity (Wildman–Crippen MR) is 111 cm³/mol. The number of benzene rings is 2. The number of nitrogens with zero attached hydrogens (tertiary/aromatic N) is 1. The Kier molecular flexibility index (Phi) is 6.60. The quantitative estimate of drug-likeness (QED) is 0.529. The van der Waals surface area contributed by atoms with E-state index in [1.54, 1.807) is 31.4 Å². The van der Waals surface area contributed by atoms with Gasteiger partial charge in [-0.25, -0.2) is 4.98 Å². The van der Waals surface area contributed by atoms with Crippen LogP contribution in [0.3, 0.4) is 0 Å². The van der Waals surface area contributed by atoms with Crippen molar-refractivity contribution in [1.29, 1.82) is 0 Å². The SMILES string of the molecule is CCOc1ccc2nc(NC(=O)CCCC(=O)c3ccc(OC)cc3)sc2c1. The molecule has 0 saturated heterocycles. The van der Waals surface area contributed by atoms with Gasteiger partial charge in [-0.15, -0.1) is 0 Å². The van der Waals surface area contributed by atoms with Gasteiger partial charge in [-0.2, -0.15) is 0 Å². The van der Waals surface area contributed by atoms with E-state index >= 15 is 0 Å². The molecule has 7 heteroatoms. The van der Waals surface area contributed by atoms with Crippen molar-refractivity contribution in [2.45, 2.75) is 26.2 Å². The van der Waals surface area contributed by atoms with Crippen LogP contribution in [0, 0.1) is 0 Å². The summed E-state index contributed by atoms with van der Waals surface area (Å²) in [5, 5.41) is 3.36. The number of amides is 1. The van der Waals surface area contributed by atoms with E-state index in [0.717, 1.165) is 16.0 Å².